The molecule has 0 aliphatic rings. The van der Waals surface area contributed by atoms with Gasteiger partial charge >= 0.3 is 5.97 Å². The van der Waals surface area contributed by atoms with Gasteiger partial charge < -0.3 is 9.47 Å². The summed E-state index contributed by atoms with van der Waals surface area (Å²) in [5.41, 5.74) is 5.24. The van der Waals surface area contributed by atoms with E-state index in [1.54, 1.807) is 23.7 Å². The van der Waals surface area contributed by atoms with Gasteiger partial charge in [0, 0.05) is 5.38 Å². The standard InChI is InChI=1S/C19H17NO3S/c1-14-5-7-15(8-6-14)10-23-19(21)16-3-2-4-18(9-16)22-11-17-12-24-13-20-17/h2-9,12-13H,10-11H2,1H3. The zero-order valence-corrected chi connectivity index (χ0v) is 14.1. The van der Waals surface area contributed by atoms with Crippen molar-refractivity contribution >= 4 is 17.3 Å². The first kappa shape index (κ1) is 16.2. The smallest absolute Gasteiger partial charge is 0.338 e. The number of carbonyl (C=O) groups is 1. The molecule has 0 unspecified atom stereocenters. The fourth-order valence-corrected chi connectivity index (χ4v) is 2.64. The van der Waals surface area contributed by atoms with E-state index >= 15 is 0 Å². The molecule has 0 atom stereocenters. The molecule has 0 spiro atoms. The number of carbonyl (C=O) groups excluding carboxylic acids is 1. The molecule has 122 valence electrons. The molecule has 4 nitrogen and oxygen atoms in total. The lowest BCUT2D eigenvalue weighted by Gasteiger charge is -2.08. The van der Waals surface area contributed by atoms with Crippen LogP contribution in [0.1, 0.15) is 27.2 Å². The molecule has 0 aliphatic carbocycles. The van der Waals surface area contributed by atoms with Gasteiger partial charge in [0.05, 0.1) is 16.8 Å². The maximum Gasteiger partial charge on any atom is 0.338 e. The summed E-state index contributed by atoms with van der Waals surface area (Å²) in [4.78, 5) is 16.3. The van der Waals surface area contributed by atoms with Gasteiger partial charge in [0.2, 0.25) is 0 Å². The molecular formula is C19H17NO3S. The Bertz CT molecular complexity index is 798. The molecule has 0 saturated heterocycles. The third-order valence-corrected chi connectivity index (χ3v) is 4.07. The number of hydrogen-bond acceptors (Lipinski definition) is 5. The molecule has 0 radical (unpaired) electrons. The molecule has 0 bridgehead atoms. The zero-order chi connectivity index (χ0) is 16.8. The zero-order valence-electron chi connectivity index (χ0n) is 13.3. The van der Waals surface area contributed by atoms with Gasteiger partial charge in [-0.3, -0.25) is 0 Å². The van der Waals surface area contributed by atoms with E-state index in [4.69, 9.17) is 9.47 Å². The van der Waals surface area contributed by atoms with Crippen LogP contribution < -0.4 is 4.74 Å². The first-order valence-corrected chi connectivity index (χ1v) is 8.47. The second kappa shape index (κ2) is 7.75. The largest absolute Gasteiger partial charge is 0.487 e. The number of hydrogen-bond donors (Lipinski definition) is 0. The Labute approximate surface area is 144 Å². The number of nitrogens with zero attached hydrogens (tertiary/aromatic N) is 1. The third-order valence-electron chi connectivity index (χ3n) is 3.43. The highest BCUT2D eigenvalue weighted by Crippen LogP contribution is 2.17. The minimum Gasteiger partial charge on any atom is -0.487 e. The second-order valence-corrected chi connectivity index (χ2v) is 6.08. The van der Waals surface area contributed by atoms with Gasteiger partial charge in [-0.1, -0.05) is 35.9 Å². The Morgan fingerprint density at radius 3 is 2.71 bits per heavy atom. The Balaban J connectivity index is 1.58. The first-order chi connectivity index (χ1) is 11.7. The summed E-state index contributed by atoms with van der Waals surface area (Å²) in [6, 6.07) is 14.9. The topological polar surface area (TPSA) is 48.4 Å². The second-order valence-electron chi connectivity index (χ2n) is 5.36. The Kier molecular flexibility index (Phi) is 5.23. The first-order valence-electron chi connectivity index (χ1n) is 7.53. The molecule has 0 N–H and O–H groups in total. The summed E-state index contributed by atoms with van der Waals surface area (Å²) in [5, 5.41) is 1.93. The van der Waals surface area contributed by atoms with Gasteiger partial charge in [-0.25, -0.2) is 9.78 Å². The van der Waals surface area contributed by atoms with E-state index in [0.717, 1.165) is 11.3 Å². The highest BCUT2D eigenvalue weighted by atomic mass is 32.1. The van der Waals surface area contributed by atoms with E-state index < -0.39 is 0 Å². The summed E-state index contributed by atoms with van der Waals surface area (Å²) >= 11 is 1.52. The van der Waals surface area contributed by atoms with Crippen LogP contribution in [0.4, 0.5) is 0 Å². The molecule has 24 heavy (non-hydrogen) atoms. The Morgan fingerprint density at radius 1 is 1.12 bits per heavy atom. The van der Waals surface area contributed by atoms with Gasteiger partial charge in [-0.05, 0) is 30.7 Å². The van der Waals surface area contributed by atoms with E-state index in [0.29, 0.717) is 17.9 Å². The molecule has 1 heterocycles. The van der Waals surface area contributed by atoms with Crippen molar-refractivity contribution in [2.75, 3.05) is 0 Å². The Hall–Kier alpha value is -2.66. The van der Waals surface area contributed by atoms with Crippen molar-refractivity contribution in [2.24, 2.45) is 0 Å². The summed E-state index contributed by atoms with van der Waals surface area (Å²) in [6.45, 7) is 2.65. The van der Waals surface area contributed by atoms with Crippen LogP contribution in [0.3, 0.4) is 0 Å². The monoisotopic (exact) mass is 339 g/mol. The maximum atomic E-state index is 12.2. The average molecular weight is 339 g/mol. The van der Waals surface area contributed by atoms with Crippen LogP contribution in [0.2, 0.25) is 0 Å². The molecule has 3 aromatic rings. The lowest BCUT2D eigenvalue weighted by Crippen LogP contribution is -2.06. The predicted molar refractivity (Wildman–Crippen MR) is 93.2 cm³/mol. The van der Waals surface area contributed by atoms with Crippen LogP contribution >= 0.6 is 11.3 Å². The maximum absolute atomic E-state index is 12.2. The van der Waals surface area contributed by atoms with Crippen LogP contribution in [0.15, 0.2) is 59.4 Å². The van der Waals surface area contributed by atoms with Gasteiger partial charge in [-0.15, -0.1) is 11.3 Å². The number of esters is 1. The van der Waals surface area contributed by atoms with Crippen LogP contribution in [0.5, 0.6) is 5.75 Å². The average Bonchev–Trinajstić information content (AvgIpc) is 3.13. The SMILES string of the molecule is Cc1ccc(COC(=O)c2cccc(OCc3cscn3)c2)cc1. The predicted octanol–water partition coefficient (Wildman–Crippen LogP) is 4.39. The van der Waals surface area contributed by atoms with Crippen molar-refractivity contribution in [1.29, 1.82) is 0 Å². The molecule has 3 rings (SSSR count). The number of thiazole rings is 1. The lowest BCUT2D eigenvalue weighted by atomic mass is 10.2. The van der Waals surface area contributed by atoms with E-state index in [-0.39, 0.29) is 12.6 Å². The van der Waals surface area contributed by atoms with Crippen LogP contribution in [-0.4, -0.2) is 11.0 Å². The van der Waals surface area contributed by atoms with Crippen molar-refractivity contribution in [3.8, 4) is 5.75 Å². The number of ether oxygens (including phenoxy) is 2. The molecular weight excluding hydrogens is 322 g/mol. The highest BCUT2D eigenvalue weighted by Gasteiger charge is 2.09. The number of aromatic nitrogens is 1. The van der Waals surface area contributed by atoms with E-state index in [9.17, 15) is 4.79 Å². The van der Waals surface area contributed by atoms with Crippen molar-refractivity contribution in [3.05, 3.63) is 81.8 Å². The van der Waals surface area contributed by atoms with Crippen molar-refractivity contribution in [2.45, 2.75) is 20.1 Å². The van der Waals surface area contributed by atoms with Gasteiger partial charge in [0.25, 0.3) is 0 Å². The molecule has 1 aromatic heterocycles. The van der Waals surface area contributed by atoms with Crippen LogP contribution in [0.25, 0.3) is 0 Å². The number of aryl methyl sites for hydroxylation is 1. The fraction of sp³-hybridized carbons (Fsp3) is 0.158. The molecule has 2 aromatic carbocycles. The Morgan fingerprint density at radius 2 is 1.96 bits per heavy atom. The third kappa shape index (κ3) is 4.43. The fourth-order valence-electron chi connectivity index (χ4n) is 2.10. The number of rotatable bonds is 6. The van der Waals surface area contributed by atoms with E-state index in [2.05, 4.69) is 4.98 Å². The van der Waals surface area contributed by atoms with Crippen molar-refractivity contribution < 1.29 is 14.3 Å². The van der Waals surface area contributed by atoms with E-state index in [1.165, 1.54) is 16.9 Å². The van der Waals surface area contributed by atoms with Crippen LogP contribution in [0, 0.1) is 6.92 Å². The molecule has 0 saturated carbocycles. The van der Waals surface area contributed by atoms with Crippen LogP contribution in [-0.2, 0) is 18.0 Å². The summed E-state index contributed by atoms with van der Waals surface area (Å²) < 4.78 is 11.0. The minimum absolute atomic E-state index is 0.253. The summed E-state index contributed by atoms with van der Waals surface area (Å²) in [5.74, 6) is 0.252. The normalized spacial score (nSPS) is 10.4. The molecule has 0 aliphatic heterocycles. The number of benzene rings is 2. The minimum atomic E-state index is -0.366. The summed E-state index contributed by atoms with van der Waals surface area (Å²) in [6.07, 6.45) is 0. The van der Waals surface area contributed by atoms with Gasteiger partial charge in [0.1, 0.15) is 19.0 Å². The summed E-state index contributed by atoms with van der Waals surface area (Å²) in [7, 11) is 0. The molecule has 0 amide bonds. The van der Waals surface area contributed by atoms with Crippen molar-refractivity contribution in [3.63, 3.8) is 0 Å². The van der Waals surface area contributed by atoms with E-state index in [1.807, 2.05) is 42.6 Å². The van der Waals surface area contributed by atoms with Gasteiger partial charge in [0.15, 0.2) is 0 Å². The molecule has 5 heteroatoms. The highest BCUT2D eigenvalue weighted by molar-refractivity contribution is 7.07. The lowest BCUT2D eigenvalue weighted by molar-refractivity contribution is 0.0472. The molecule has 0 fully saturated rings. The van der Waals surface area contributed by atoms with Gasteiger partial charge in [-0.2, -0.15) is 0 Å². The quantitative estimate of drug-likeness (QED) is 0.625. The van der Waals surface area contributed by atoms with Crippen molar-refractivity contribution in [1.82, 2.24) is 4.98 Å².